The van der Waals surface area contributed by atoms with Crippen LogP contribution in [0.1, 0.15) is 24.5 Å². The van der Waals surface area contributed by atoms with Crippen molar-refractivity contribution in [1.82, 2.24) is 5.32 Å². The molecule has 8 heteroatoms. The van der Waals surface area contributed by atoms with Crippen LogP contribution in [0.4, 0.5) is 4.39 Å². The van der Waals surface area contributed by atoms with Gasteiger partial charge in [-0.3, -0.25) is 4.18 Å². The lowest BCUT2D eigenvalue weighted by molar-refractivity contribution is -0.0109. The van der Waals surface area contributed by atoms with Gasteiger partial charge in [-0.2, -0.15) is 8.42 Å². The third kappa shape index (κ3) is 5.69. The van der Waals surface area contributed by atoms with Crippen LogP contribution in [0.3, 0.4) is 0 Å². The smallest absolute Gasteiger partial charge is 0.264 e. The molecule has 0 aromatic heterocycles. The Morgan fingerprint density at radius 2 is 2.22 bits per heavy atom. The fourth-order valence-electron chi connectivity index (χ4n) is 2.72. The lowest BCUT2D eigenvalue weighted by Gasteiger charge is -2.31. The molecule has 2 unspecified atom stereocenters. The third-order valence-electron chi connectivity index (χ3n) is 3.73. The fourth-order valence-corrected chi connectivity index (χ4v) is 3.27. The van der Waals surface area contributed by atoms with Gasteiger partial charge >= 0.3 is 0 Å². The summed E-state index contributed by atoms with van der Waals surface area (Å²) in [5.74, 6) is -0.399. The highest BCUT2D eigenvalue weighted by molar-refractivity contribution is 7.85. The molecule has 1 fully saturated rings. The Hall–Kier alpha value is -0.730. The van der Waals surface area contributed by atoms with Crippen molar-refractivity contribution in [1.29, 1.82) is 0 Å². The highest BCUT2D eigenvalue weighted by Gasteiger charge is 2.28. The Labute approximate surface area is 141 Å². The Balaban J connectivity index is 2.10. The van der Waals surface area contributed by atoms with Gasteiger partial charge in [0.25, 0.3) is 10.1 Å². The molecule has 0 aliphatic carbocycles. The van der Waals surface area contributed by atoms with Crippen LogP contribution in [0.2, 0.25) is 5.02 Å². The fraction of sp³-hybridized carbons (Fsp3) is 0.600. The Morgan fingerprint density at radius 3 is 2.87 bits per heavy atom. The van der Waals surface area contributed by atoms with Crippen LogP contribution < -0.4 is 5.32 Å². The van der Waals surface area contributed by atoms with Crippen LogP contribution >= 0.6 is 11.6 Å². The van der Waals surface area contributed by atoms with E-state index in [0.29, 0.717) is 12.1 Å². The molecular formula is C15H21ClFNO4S. The summed E-state index contributed by atoms with van der Waals surface area (Å²) in [5, 5.41) is 3.32. The first-order valence-corrected chi connectivity index (χ1v) is 9.68. The number of rotatable bonds is 7. The molecule has 130 valence electrons. The summed E-state index contributed by atoms with van der Waals surface area (Å²) in [6.45, 7) is 1.60. The van der Waals surface area contributed by atoms with Crippen LogP contribution in [0, 0.1) is 11.7 Å². The quantitative estimate of drug-likeness (QED) is 0.594. The summed E-state index contributed by atoms with van der Waals surface area (Å²) in [4.78, 5) is 0. The van der Waals surface area contributed by atoms with Gasteiger partial charge in [-0.05, 0) is 25.5 Å². The van der Waals surface area contributed by atoms with Crippen LogP contribution in [-0.2, 0) is 19.0 Å². The van der Waals surface area contributed by atoms with E-state index in [-0.39, 0.29) is 24.2 Å². The standard InChI is InChI=1S/C15H21ClFNO4S/c1-23(19,20)22-9-8-21-15(11-4-3-7-18-10-11)12-5-2-6-13(16)14(12)17/h2,5-6,11,15,18H,3-4,7-10H2,1H3. The van der Waals surface area contributed by atoms with E-state index in [0.717, 1.165) is 25.6 Å². The van der Waals surface area contributed by atoms with E-state index in [2.05, 4.69) is 9.50 Å². The van der Waals surface area contributed by atoms with Crippen LogP contribution in [0.15, 0.2) is 18.2 Å². The molecule has 1 aromatic rings. The van der Waals surface area contributed by atoms with Crippen LogP contribution in [0.5, 0.6) is 0 Å². The molecule has 1 aromatic carbocycles. The van der Waals surface area contributed by atoms with Crippen molar-refractivity contribution in [2.45, 2.75) is 18.9 Å². The Bertz CT molecular complexity index is 620. The predicted molar refractivity (Wildman–Crippen MR) is 86.5 cm³/mol. The van der Waals surface area contributed by atoms with Gasteiger partial charge in [0.15, 0.2) is 0 Å². The normalized spacial score (nSPS) is 20.4. The summed E-state index contributed by atoms with van der Waals surface area (Å²) in [5.41, 5.74) is 0.394. The summed E-state index contributed by atoms with van der Waals surface area (Å²) in [7, 11) is -3.51. The molecule has 0 radical (unpaired) electrons. The number of halogens is 2. The minimum absolute atomic E-state index is 0.0484. The first kappa shape index (κ1) is 18.6. The van der Waals surface area contributed by atoms with Crippen LogP contribution in [-0.4, -0.2) is 41.0 Å². The zero-order valence-corrected chi connectivity index (χ0v) is 14.5. The zero-order chi connectivity index (χ0) is 16.9. The van der Waals surface area contributed by atoms with E-state index in [9.17, 15) is 12.8 Å². The zero-order valence-electron chi connectivity index (χ0n) is 12.9. The minimum Gasteiger partial charge on any atom is -0.371 e. The Kier molecular flexibility index (Phi) is 6.79. The maximum atomic E-state index is 14.3. The van der Waals surface area contributed by atoms with Gasteiger partial charge in [0.1, 0.15) is 5.82 Å². The average molecular weight is 366 g/mol. The Morgan fingerprint density at radius 1 is 1.43 bits per heavy atom. The van der Waals surface area contributed by atoms with Gasteiger partial charge in [0.2, 0.25) is 0 Å². The molecular weight excluding hydrogens is 345 g/mol. The van der Waals surface area contributed by atoms with E-state index < -0.39 is 22.0 Å². The molecule has 1 saturated heterocycles. The highest BCUT2D eigenvalue weighted by Crippen LogP contribution is 2.34. The minimum atomic E-state index is -3.51. The van der Waals surface area contributed by atoms with Crippen molar-refractivity contribution in [2.24, 2.45) is 5.92 Å². The summed E-state index contributed by atoms with van der Waals surface area (Å²) in [6, 6.07) is 4.82. The van der Waals surface area contributed by atoms with Crippen molar-refractivity contribution in [3.05, 3.63) is 34.6 Å². The van der Waals surface area contributed by atoms with Gasteiger partial charge < -0.3 is 10.1 Å². The molecule has 1 heterocycles. The second kappa shape index (κ2) is 8.39. The van der Waals surface area contributed by atoms with E-state index in [4.69, 9.17) is 16.3 Å². The topological polar surface area (TPSA) is 64.6 Å². The van der Waals surface area contributed by atoms with Crippen molar-refractivity contribution in [3.8, 4) is 0 Å². The van der Waals surface area contributed by atoms with Crippen LogP contribution in [0.25, 0.3) is 0 Å². The second-order valence-electron chi connectivity index (χ2n) is 5.57. The van der Waals surface area contributed by atoms with Gasteiger partial charge in [-0.1, -0.05) is 23.7 Å². The molecule has 0 amide bonds. The molecule has 0 bridgehead atoms. The van der Waals surface area contributed by atoms with Gasteiger partial charge in [-0.15, -0.1) is 0 Å². The number of benzene rings is 1. The van der Waals surface area contributed by atoms with Gasteiger partial charge in [0, 0.05) is 18.0 Å². The van der Waals surface area contributed by atoms with E-state index in [1.807, 2.05) is 0 Å². The summed E-state index contributed by atoms with van der Waals surface area (Å²) in [6.07, 6.45) is 2.36. The highest BCUT2D eigenvalue weighted by atomic mass is 35.5. The van der Waals surface area contributed by atoms with Crippen molar-refractivity contribution in [2.75, 3.05) is 32.6 Å². The predicted octanol–water partition coefficient (Wildman–Crippen LogP) is 2.51. The van der Waals surface area contributed by atoms with Crippen molar-refractivity contribution < 1.29 is 21.7 Å². The SMILES string of the molecule is CS(=O)(=O)OCCOC(c1cccc(Cl)c1F)C1CCCNC1. The van der Waals surface area contributed by atoms with Gasteiger partial charge in [0.05, 0.1) is 30.6 Å². The van der Waals surface area contributed by atoms with Gasteiger partial charge in [-0.25, -0.2) is 4.39 Å². The number of hydrogen-bond acceptors (Lipinski definition) is 5. The third-order valence-corrected chi connectivity index (χ3v) is 4.62. The lowest BCUT2D eigenvalue weighted by Crippen LogP contribution is -2.35. The lowest BCUT2D eigenvalue weighted by atomic mass is 9.89. The number of nitrogens with one attached hydrogen (secondary N) is 1. The summed E-state index contributed by atoms with van der Waals surface area (Å²) >= 11 is 5.87. The van der Waals surface area contributed by atoms with Crippen molar-refractivity contribution in [3.63, 3.8) is 0 Å². The van der Waals surface area contributed by atoms with Crippen molar-refractivity contribution >= 4 is 21.7 Å². The first-order chi connectivity index (χ1) is 10.9. The number of piperidine rings is 1. The summed E-state index contributed by atoms with van der Waals surface area (Å²) < 4.78 is 46.7. The number of hydrogen-bond donors (Lipinski definition) is 1. The monoisotopic (exact) mass is 365 g/mol. The molecule has 0 spiro atoms. The molecule has 23 heavy (non-hydrogen) atoms. The average Bonchev–Trinajstić information content (AvgIpc) is 2.51. The molecule has 2 rings (SSSR count). The largest absolute Gasteiger partial charge is 0.371 e. The molecule has 0 saturated carbocycles. The van der Waals surface area contributed by atoms with E-state index >= 15 is 0 Å². The van der Waals surface area contributed by atoms with E-state index in [1.54, 1.807) is 12.1 Å². The molecule has 1 N–H and O–H groups in total. The number of ether oxygens (including phenoxy) is 1. The molecule has 5 nitrogen and oxygen atoms in total. The maximum Gasteiger partial charge on any atom is 0.264 e. The maximum absolute atomic E-state index is 14.3. The molecule has 1 aliphatic heterocycles. The second-order valence-corrected chi connectivity index (χ2v) is 7.62. The molecule has 2 atom stereocenters. The first-order valence-electron chi connectivity index (χ1n) is 7.49. The molecule has 1 aliphatic rings. The van der Waals surface area contributed by atoms with E-state index in [1.165, 1.54) is 6.07 Å².